The Hall–Kier alpha value is -0.610. The van der Waals surface area contributed by atoms with Gasteiger partial charge in [-0.3, -0.25) is 4.79 Å². The molecule has 0 atom stereocenters. The van der Waals surface area contributed by atoms with Crippen molar-refractivity contribution in [2.45, 2.75) is 0 Å². The van der Waals surface area contributed by atoms with Crippen LogP contribution in [0.15, 0.2) is 12.1 Å². The van der Waals surface area contributed by atoms with E-state index in [1.54, 1.807) is 0 Å². The number of halogens is 3. The zero-order chi connectivity index (χ0) is 10.0. The summed E-state index contributed by atoms with van der Waals surface area (Å²) in [7, 11) is 0. The number of Topliss-reactive ketones (excluding diaryl/α,β-unsaturated/α-hetero) is 1. The first-order valence-electron chi connectivity index (χ1n) is 3.40. The van der Waals surface area contributed by atoms with Crippen LogP contribution in [0.2, 0.25) is 5.02 Å². The molecule has 0 bridgehead atoms. The highest BCUT2D eigenvalue weighted by Gasteiger charge is 2.15. The van der Waals surface area contributed by atoms with Gasteiger partial charge in [-0.15, -0.1) is 0 Å². The first-order valence-corrected chi connectivity index (χ1v) is 4.90. The molecule has 0 fully saturated rings. The molecule has 0 saturated heterocycles. The Kier molecular flexibility index (Phi) is 3.27. The van der Waals surface area contributed by atoms with Gasteiger partial charge in [0.25, 0.3) is 0 Å². The van der Waals surface area contributed by atoms with Gasteiger partial charge in [0, 0.05) is 5.69 Å². The first kappa shape index (κ1) is 10.5. The molecule has 1 aromatic rings. The largest absolute Gasteiger partial charge is 0.399 e. The Morgan fingerprint density at radius 3 is 2.69 bits per heavy atom. The summed E-state index contributed by atoms with van der Waals surface area (Å²) in [6.07, 6.45) is 0. The van der Waals surface area contributed by atoms with E-state index in [-0.39, 0.29) is 21.6 Å². The molecule has 0 aliphatic heterocycles. The maximum Gasteiger partial charge on any atom is 0.177 e. The number of ketones is 1. The lowest BCUT2D eigenvalue weighted by atomic mass is 10.1. The lowest BCUT2D eigenvalue weighted by Gasteiger charge is -2.03. The van der Waals surface area contributed by atoms with Gasteiger partial charge < -0.3 is 5.73 Å². The van der Waals surface area contributed by atoms with Gasteiger partial charge in [0.1, 0.15) is 5.82 Å². The summed E-state index contributed by atoms with van der Waals surface area (Å²) < 4.78 is 13.1. The summed E-state index contributed by atoms with van der Waals surface area (Å²) in [6, 6.07) is 2.42. The minimum absolute atomic E-state index is 0.0353. The van der Waals surface area contributed by atoms with Crippen LogP contribution in [0.4, 0.5) is 10.1 Å². The highest BCUT2D eigenvalue weighted by Crippen LogP contribution is 2.23. The number of hydrogen-bond acceptors (Lipinski definition) is 2. The normalized spacial score (nSPS) is 10.1. The van der Waals surface area contributed by atoms with E-state index in [9.17, 15) is 9.18 Å². The Labute approximate surface area is 88.0 Å². The standard InChI is InChI=1S/C8H6BrClFNO/c9-3-7(13)8-5(10)1-4(12)2-6(8)11/h1-2H,3,12H2. The molecule has 0 radical (unpaired) electrons. The molecule has 1 rings (SSSR count). The maximum absolute atomic E-state index is 13.1. The number of alkyl halides is 1. The van der Waals surface area contributed by atoms with E-state index in [2.05, 4.69) is 15.9 Å². The van der Waals surface area contributed by atoms with Gasteiger partial charge in [0.05, 0.1) is 15.9 Å². The third-order valence-corrected chi connectivity index (χ3v) is 2.27. The number of rotatable bonds is 2. The lowest BCUT2D eigenvalue weighted by molar-refractivity contribution is 0.102. The van der Waals surface area contributed by atoms with Crippen LogP contribution in [-0.2, 0) is 0 Å². The smallest absolute Gasteiger partial charge is 0.177 e. The summed E-state index contributed by atoms with van der Waals surface area (Å²) in [6.45, 7) is 0. The van der Waals surface area contributed by atoms with Gasteiger partial charge >= 0.3 is 0 Å². The summed E-state index contributed by atoms with van der Waals surface area (Å²) >= 11 is 8.58. The molecule has 0 aromatic heterocycles. The first-order chi connectivity index (χ1) is 6.06. The summed E-state index contributed by atoms with van der Waals surface area (Å²) in [4.78, 5) is 11.2. The van der Waals surface area contributed by atoms with Crippen molar-refractivity contribution in [3.05, 3.63) is 28.5 Å². The van der Waals surface area contributed by atoms with Gasteiger partial charge in [0.2, 0.25) is 0 Å². The molecular formula is C8H6BrClFNO. The zero-order valence-corrected chi connectivity index (χ0v) is 8.82. The van der Waals surface area contributed by atoms with Crippen LogP contribution in [-0.4, -0.2) is 11.1 Å². The minimum Gasteiger partial charge on any atom is -0.399 e. The second-order valence-corrected chi connectivity index (χ2v) is 3.38. The van der Waals surface area contributed by atoms with Crippen LogP contribution in [0.25, 0.3) is 0 Å². The van der Waals surface area contributed by atoms with Crippen LogP contribution in [0, 0.1) is 5.82 Å². The molecule has 2 nitrogen and oxygen atoms in total. The predicted molar refractivity (Wildman–Crippen MR) is 53.9 cm³/mol. The van der Waals surface area contributed by atoms with Gasteiger partial charge in [0.15, 0.2) is 5.78 Å². The van der Waals surface area contributed by atoms with Gasteiger partial charge in [-0.25, -0.2) is 4.39 Å². The summed E-state index contributed by atoms with van der Waals surface area (Å²) in [5.41, 5.74) is 5.41. The number of nitrogens with two attached hydrogens (primary N) is 1. The average Bonchev–Trinajstić information content (AvgIpc) is 2.02. The highest BCUT2D eigenvalue weighted by molar-refractivity contribution is 9.09. The van der Waals surface area contributed by atoms with Crippen molar-refractivity contribution in [2.75, 3.05) is 11.1 Å². The Bertz CT molecular complexity index is 333. The highest BCUT2D eigenvalue weighted by atomic mass is 79.9. The third kappa shape index (κ3) is 2.19. The fraction of sp³-hybridized carbons (Fsp3) is 0.125. The van der Waals surface area contributed by atoms with E-state index in [0.29, 0.717) is 0 Å². The number of benzene rings is 1. The Morgan fingerprint density at radius 1 is 1.62 bits per heavy atom. The van der Waals surface area contributed by atoms with E-state index in [1.807, 2.05) is 0 Å². The second-order valence-electron chi connectivity index (χ2n) is 2.42. The molecule has 70 valence electrons. The molecular weight excluding hydrogens is 260 g/mol. The molecule has 0 amide bonds. The zero-order valence-electron chi connectivity index (χ0n) is 6.48. The fourth-order valence-corrected chi connectivity index (χ4v) is 1.53. The van der Waals surface area contributed by atoms with E-state index in [1.165, 1.54) is 6.07 Å². The summed E-state index contributed by atoms with van der Waals surface area (Å²) in [5.74, 6) is -1.09. The molecule has 2 N–H and O–H groups in total. The fourth-order valence-electron chi connectivity index (χ4n) is 0.926. The van der Waals surface area contributed by atoms with Crippen molar-refractivity contribution in [1.82, 2.24) is 0 Å². The molecule has 0 saturated carbocycles. The predicted octanol–water partition coefficient (Wildman–Crippen LogP) is 2.64. The topological polar surface area (TPSA) is 43.1 Å². The van der Waals surface area contributed by atoms with Crippen molar-refractivity contribution in [3.63, 3.8) is 0 Å². The quantitative estimate of drug-likeness (QED) is 0.508. The maximum atomic E-state index is 13.1. The van der Waals surface area contributed by atoms with Crippen molar-refractivity contribution < 1.29 is 9.18 Å². The number of carbonyl (C=O) groups is 1. The van der Waals surface area contributed by atoms with Crippen molar-refractivity contribution in [2.24, 2.45) is 0 Å². The second kappa shape index (κ2) is 4.07. The van der Waals surface area contributed by atoms with E-state index >= 15 is 0 Å². The molecule has 0 heterocycles. The third-order valence-electron chi connectivity index (χ3n) is 1.46. The average molecular weight is 266 g/mol. The van der Waals surface area contributed by atoms with E-state index in [0.717, 1.165) is 6.07 Å². The number of anilines is 1. The lowest BCUT2D eigenvalue weighted by Crippen LogP contribution is -2.05. The van der Waals surface area contributed by atoms with E-state index in [4.69, 9.17) is 17.3 Å². The van der Waals surface area contributed by atoms with Crippen molar-refractivity contribution in [3.8, 4) is 0 Å². The summed E-state index contributed by atoms with van der Waals surface area (Å²) in [5, 5.41) is 0.0787. The number of hydrogen-bond donors (Lipinski definition) is 1. The molecule has 0 unspecified atom stereocenters. The molecule has 1 aromatic carbocycles. The van der Waals surface area contributed by atoms with Crippen LogP contribution >= 0.6 is 27.5 Å². The molecule has 13 heavy (non-hydrogen) atoms. The molecule has 5 heteroatoms. The van der Waals surface area contributed by atoms with Gasteiger partial charge in [-0.2, -0.15) is 0 Å². The van der Waals surface area contributed by atoms with Crippen molar-refractivity contribution in [1.29, 1.82) is 0 Å². The number of nitrogen functional groups attached to an aromatic ring is 1. The SMILES string of the molecule is Nc1cc(F)c(C(=O)CBr)c(Cl)c1. The van der Waals surface area contributed by atoms with Crippen LogP contribution in [0.1, 0.15) is 10.4 Å². The van der Waals surface area contributed by atoms with Crippen LogP contribution in [0.5, 0.6) is 0 Å². The molecule has 0 spiro atoms. The molecule has 0 aliphatic carbocycles. The van der Waals surface area contributed by atoms with Gasteiger partial charge in [-0.05, 0) is 12.1 Å². The minimum atomic E-state index is -0.686. The van der Waals surface area contributed by atoms with Gasteiger partial charge in [-0.1, -0.05) is 27.5 Å². The number of carbonyl (C=O) groups excluding carboxylic acids is 1. The van der Waals surface area contributed by atoms with E-state index < -0.39 is 11.6 Å². The van der Waals surface area contributed by atoms with Crippen LogP contribution < -0.4 is 5.73 Å². The molecule has 0 aliphatic rings. The Morgan fingerprint density at radius 2 is 2.23 bits per heavy atom. The van der Waals surface area contributed by atoms with Crippen LogP contribution in [0.3, 0.4) is 0 Å². The van der Waals surface area contributed by atoms with Crippen molar-refractivity contribution >= 4 is 39.0 Å². The monoisotopic (exact) mass is 265 g/mol. The Balaban J connectivity index is 3.28.